The van der Waals surface area contributed by atoms with Crippen LogP contribution in [0.2, 0.25) is 0 Å². The molecule has 2 saturated heterocycles. The van der Waals surface area contributed by atoms with Gasteiger partial charge in [-0.05, 0) is 59.1 Å². The molecule has 2 aliphatic heterocycles. The fourth-order valence-corrected chi connectivity index (χ4v) is 9.97. The summed E-state index contributed by atoms with van der Waals surface area (Å²) in [6.45, 7) is 2.26. The van der Waals surface area contributed by atoms with Crippen LogP contribution in [0.4, 0.5) is 9.59 Å². The number of alkyl carbamates (subject to hydrolysis) is 1. The van der Waals surface area contributed by atoms with E-state index in [1.165, 1.54) is 7.11 Å². The number of rotatable bonds is 17. The summed E-state index contributed by atoms with van der Waals surface area (Å²) in [6, 6.07) is 33.8. The highest BCUT2D eigenvalue weighted by atomic mass is 16.5. The lowest BCUT2D eigenvalue weighted by Crippen LogP contribution is -2.49. The lowest BCUT2D eigenvalue weighted by Gasteiger charge is -2.28. The summed E-state index contributed by atoms with van der Waals surface area (Å²) >= 11 is 0. The van der Waals surface area contributed by atoms with Crippen LogP contribution in [0.25, 0.3) is 33.6 Å². The summed E-state index contributed by atoms with van der Waals surface area (Å²) in [5.74, 6) is 0.787. The Morgan fingerprint density at radius 2 is 1.03 bits per heavy atom. The first-order chi connectivity index (χ1) is 35.6. The van der Waals surface area contributed by atoms with Crippen molar-refractivity contribution in [2.75, 3.05) is 20.2 Å². The van der Waals surface area contributed by atoms with Gasteiger partial charge in [-0.1, -0.05) is 109 Å². The van der Waals surface area contributed by atoms with Gasteiger partial charge in [0.2, 0.25) is 11.8 Å². The third-order valence-electron chi connectivity index (χ3n) is 13.6. The van der Waals surface area contributed by atoms with Gasteiger partial charge in [0.05, 0.1) is 67.0 Å². The zero-order valence-corrected chi connectivity index (χ0v) is 40.3. The van der Waals surface area contributed by atoms with E-state index in [4.69, 9.17) is 14.7 Å². The Bertz CT molecular complexity index is 3170. The number of hydrogen-bond donors (Lipinski definition) is 5. The molecule has 372 valence electrons. The Kier molecular flexibility index (Phi) is 14.2. The van der Waals surface area contributed by atoms with Gasteiger partial charge < -0.3 is 49.4 Å². The molecule has 0 bridgehead atoms. The number of benzene rings is 4. The van der Waals surface area contributed by atoms with Crippen molar-refractivity contribution in [3.05, 3.63) is 181 Å². The lowest BCUT2D eigenvalue weighted by molar-refractivity contribution is -0.135. The predicted molar refractivity (Wildman–Crippen MR) is 272 cm³/mol. The molecule has 0 unspecified atom stereocenters. The standard InChI is InChI=1S/C55H56N12O6/c1-73-55(72)63-45(27-43-33-65(35-59-43)31-37-12-6-3-7-13-37)53(69)67-25-9-15-49(67)51-57-29-47(61-51)41-22-18-39(19-23-41)38-16-20-40(21-17-38)46-28-56-50(60-46)48-14-8-24-66(48)52(68)44(62-54(70)71)26-42-32-64(34-58-42)30-36-10-4-2-5-11-36/h2-7,10-13,16-23,28-29,32-35,44-45,48-49,62H,8-9,14-15,24-27,30-31H2,1H3,(H,56,60)(H,57,61)(H,63,72)(H,70,71)/t44-,45-,48-,49-/m0/s1. The summed E-state index contributed by atoms with van der Waals surface area (Å²) in [4.78, 5) is 81.5. The quantitative estimate of drug-likeness (QED) is 0.0596. The van der Waals surface area contributed by atoms with Gasteiger partial charge in [0.15, 0.2) is 0 Å². The minimum Gasteiger partial charge on any atom is -0.465 e. The molecule has 10 rings (SSSR count). The number of methoxy groups -OCH3 is 1. The van der Waals surface area contributed by atoms with Crippen molar-refractivity contribution < 1.29 is 29.0 Å². The molecular weight excluding hydrogens is 925 g/mol. The van der Waals surface area contributed by atoms with Crippen LogP contribution in [0, 0.1) is 0 Å². The molecule has 4 aromatic carbocycles. The summed E-state index contributed by atoms with van der Waals surface area (Å²) in [5.41, 5.74) is 9.07. The SMILES string of the molecule is COC(=O)N[C@@H](Cc1cn(Cc2ccccc2)cn1)C(=O)N1CCC[C@H]1c1ncc(-c2ccc(-c3ccc(-c4cnc([C@@H]5CCCN5C(=O)[C@H](Cc5cn(Cc6ccccc6)cn5)NC(=O)O)[nH]4)cc3)cc2)[nH]1. The van der Waals surface area contributed by atoms with Gasteiger partial charge in [0, 0.05) is 51.4 Å². The van der Waals surface area contributed by atoms with Crippen molar-refractivity contribution in [2.24, 2.45) is 0 Å². The molecule has 4 atom stereocenters. The van der Waals surface area contributed by atoms with E-state index < -0.39 is 24.3 Å². The molecule has 0 saturated carbocycles. The summed E-state index contributed by atoms with van der Waals surface area (Å²) in [6.07, 6.45) is 12.1. The van der Waals surface area contributed by atoms with E-state index in [0.29, 0.717) is 55.6 Å². The zero-order valence-electron chi connectivity index (χ0n) is 40.3. The minimum absolute atomic E-state index is 0.119. The number of ether oxygens (including phenoxy) is 1. The Hall–Kier alpha value is -8.80. The highest BCUT2D eigenvalue weighted by molar-refractivity contribution is 5.87. The number of imidazole rings is 4. The molecule has 0 spiro atoms. The molecule has 5 N–H and O–H groups in total. The maximum atomic E-state index is 14.2. The third-order valence-corrected chi connectivity index (χ3v) is 13.6. The van der Waals surface area contributed by atoms with E-state index in [2.05, 4.69) is 54.8 Å². The number of carboxylic acid groups (broad SMARTS) is 1. The normalized spacial score (nSPS) is 16.3. The van der Waals surface area contributed by atoms with Gasteiger partial charge in [-0.3, -0.25) is 9.59 Å². The number of carbonyl (C=O) groups excluding carboxylic acids is 3. The Morgan fingerprint density at radius 1 is 0.603 bits per heavy atom. The van der Waals surface area contributed by atoms with Crippen molar-refractivity contribution >= 4 is 24.0 Å². The van der Waals surface area contributed by atoms with E-state index in [1.807, 2.05) is 106 Å². The van der Waals surface area contributed by atoms with Crippen LogP contribution in [0.3, 0.4) is 0 Å². The monoisotopic (exact) mass is 980 g/mol. The highest BCUT2D eigenvalue weighted by Gasteiger charge is 2.38. The number of nitrogens with zero attached hydrogens (tertiary/aromatic N) is 8. The second-order valence-electron chi connectivity index (χ2n) is 18.5. The third kappa shape index (κ3) is 11.2. The predicted octanol–water partition coefficient (Wildman–Crippen LogP) is 7.80. The highest BCUT2D eigenvalue weighted by Crippen LogP contribution is 2.35. The van der Waals surface area contributed by atoms with Crippen molar-refractivity contribution in [1.29, 1.82) is 0 Å². The first-order valence-corrected chi connectivity index (χ1v) is 24.5. The van der Waals surface area contributed by atoms with Gasteiger partial charge in [0.1, 0.15) is 23.7 Å². The molecule has 73 heavy (non-hydrogen) atoms. The molecule has 8 aromatic rings. The van der Waals surface area contributed by atoms with Gasteiger partial charge in [-0.15, -0.1) is 0 Å². The van der Waals surface area contributed by atoms with Gasteiger partial charge in [-0.2, -0.15) is 0 Å². The molecule has 2 aliphatic rings. The van der Waals surface area contributed by atoms with E-state index in [9.17, 15) is 24.3 Å². The van der Waals surface area contributed by atoms with Crippen LogP contribution >= 0.6 is 0 Å². The minimum atomic E-state index is -1.27. The number of aromatic amines is 2. The Balaban J connectivity index is 0.765. The maximum Gasteiger partial charge on any atom is 0.407 e. The number of hydrogen-bond acceptors (Lipinski definition) is 9. The topological polar surface area (TPSA) is 221 Å². The molecule has 18 nitrogen and oxygen atoms in total. The molecule has 4 aromatic heterocycles. The number of likely N-dealkylation sites (tertiary alicyclic amines) is 2. The number of carbonyl (C=O) groups is 4. The first-order valence-electron chi connectivity index (χ1n) is 24.5. The lowest BCUT2D eigenvalue weighted by atomic mass is 10.0. The van der Waals surface area contributed by atoms with Crippen LogP contribution in [-0.4, -0.2) is 110 Å². The molecular formula is C55H56N12O6. The molecule has 6 heterocycles. The van der Waals surface area contributed by atoms with Gasteiger partial charge in [-0.25, -0.2) is 29.5 Å². The van der Waals surface area contributed by atoms with Gasteiger partial charge in [0.25, 0.3) is 0 Å². The second kappa shape index (κ2) is 21.7. The fourth-order valence-electron chi connectivity index (χ4n) is 9.97. The number of H-pyrrole nitrogens is 2. The zero-order chi connectivity index (χ0) is 50.3. The molecule has 0 radical (unpaired) electrons. The van der Waals surface area contributed by atoms with Crippen LogP contribution in [0.1, 0.15) is 71.9 Å². The van der Waals surface area contributed by atoms with Crippen LogP contribution in [0.5, 0.6) is 0 Å². The largest absolute Gasteiger partial charge is 0.465 e. The molecule has 18 heteroatoms. The summed E-state index contributed by atoms with van der Waals surface area (Å²) < 4.78 is 8.79. The second-order valence-corrected chi connectivity index (χ2v) is 18.5. The van der Waals surface area contributed by atoms with E-state index in [1.54, 1.807) is 34.8 Å². The average molecular weight is 981 g/mol. The maximum absolute atomic E-state index is 14.2. The smallest absolute Gasteiger partial charge is 0.407 e. The number of nitrogens with one attached hydrogen (secondary N) is 4. The Labute approximate surface area is 421 Å². The van der Waals surface area contributed by atoms with E-state index >= 15 is 0 Å². The van der Waals surface area contributed by atoms with E-state index in [0.717, 1.165) is 64.0 Å². The fraction of sp³-hybridized carbons (Fsp3) is 0.273. The average Bonchev–Trinajstić information content (AvgIpc) is 4.28. The Morgan fingerprint density at radius 3 is 1.45 bits per heavy atom. The van der Waals surface area contributed by atoms with Crippen molar-refractivity contribution in [2.45, 2.75) is 75.8 Å². The summed E-state index contributed by atoms with van der Waals surface area (Å²) in [5, 5.41) is 14.9. The van der Waals surface area contributed by atoms with Crippen LogP contribution < -0.4 is 10.6 Å². The first kappa shape index (κ1) is 47.9. The van der Waals surface area contributed by atoms with Crippen molar-refractivity contribution in [3.63, 3.8) is 0 Å². The van der Waals surface area contributed by atoms with Crippen molar-refractivity contribution in [1.82, 2.24) is 59.5 Å². The van der Waals surface area contributed by atoms with Crippen molar-refractivity contribution in [3.8, 4) is 33.6 Å². The number of amides is 4. The molecule has 0 aliphatic carbocycles. The van der Waals surface area contributed by atoms with Crippen LogP contribution in [-0.2, 0) is 40.3 Å². The summed E-state index contributed by atoms with van der Waals surface area (Å²) in [7, 11) is 1.28. The van der Waals surface area contributed by atoms with Gasteiger partial charge >= 0.3 is 12.2 Å². The van der Waals surface area contributed by atoms with E-state index in [-0.39, 0.29) is 36.7 Å². The number of aromatic nitrogens is 8. The molecule has 4 amide bonds. The van der Waals surface area contributed by atoms with Crippen LogP contribution in [0.15, 0.2) is 147 Å². The molecule has 2 fully saturated rings.